The van der Waals surface area contributed by atoms with Crippen molar-refractivity contribution in [1.29, 1.82) is 0 Å². The predicted molar refractivity (Wildman–Crippen MR) is 66.0 cm³/mol. The first-order chi connectivity index (χ1) is 8.53. The molecule has 0 bridgehead atoms. The van der Waals surface area contributed by atoms with Gasteiger partial charge in [-0.15, -0.1) is 0 Å². The number of nitrogens with two attached hydrogens (primary N) is 1. The molecule has 1 aromatic heterocycles. The Morgan fingerprint density at radius 1 is 1.56 bits per heavy atom. The number of nitrogens with zero attached hydrogens (tertiary/aromatic N) is 3. The quantitative estimate of drug-likeness (QED) is 0.320. The Balaban J connectivity index is 3.20. The number of aliphatic hydroxyl groups excluding tert-OH is 1. The zero-order chi connectivity index (χ0) is 13.7. The molecule has 1 atom stereocenters. The first-order valence-corrected chi connectivity index (χ1v) is 5.40. The Morgan fingerprint density at radius 2 is 2.22 bits per heavy atom. The fourth-order valence-electron chi connectivity index (χ4n) is 1.42. The molecule has 0 aliphatic carbocycles. The summed E-state index contributed by atoms with van der Waals surface area (Å²) in [5.74, 6) is 5.31. The van der Waals surface area contributed by atoms with Crippen LogP contribution in [0, 0.1) is 17.0 Å². The molecule has 0 amide bonds. The second-order valence-electron chi connectivity index (χ2n) is 3.66. The lowest BCUT2D eigenvalue weighted by Crippen LogP contribution is -2.25. The number of nitro groups is 1. The number of aliphatic hydroxyl groups is 1. The van der Waals surface area contributed by atoms with Crippen LogP contribution < -0.4 is 16.6 Å². The summed E-state index contributed by atoms with van der Waals surface area (Å²) in [4.78, 5) is 18.1. The molecule has 0 spiro atoms. The van der Waals surface area contributed by atoms with E-state index in [9.17, 15) is 10.1 Å². The molecule has 9 nitrogen and oxygen atoms in total. The van der Waals surface area contributed by atoms with Crippen molar-refractivity contribution in [2.75, 3.05) is 17.3 Å². The Hall–Kier alpha value is -2.00. The zero-order valence-electron chi connectivity index (χ0n) is 10.2. The molecule has 1 unspecified atom stereocenters. The van der Waals surface area contributed by atoms with E-state index in [0.717, 1.165) is 0 Å². The summed E-state index contributed by atoms with van der Waals surface area (Å²) in [7, 11) is 0. The van der Waals surface area contributed by atoms with Gasteiger partial charge < -0.3 is 10.4 Å². The molecule has 1 heterocycles. The van der Waals surface area contributed by atoms with Gasteiger partial charge in [0.15, 0.2) is 0 Å². The van der Waals surface area contributed by atoms with Gasteiger partial charge in [0.2, 0.25) is 11.8 Å². The Bertz CT molecular complexity index is 435. The van der Waals surface area contributed by atoms with Gasteiger partial charge in [-0.25, -0.2) is 10.8 Å². The third-order valence-corrected chi connectivity index (χ3v) is 2.42. The average Bonchev–Trinajstić information content (AvgIpc) is 2.34. The molecule has 1 aromatic rings. The van der Waals surface area contributed by atoms with Crippen LogP contribution in [-0.4, -0.2) is 32.6 Å². The minimum Gasteiger partial charge on any atom is -0.394 e. The number of aromatic nitrogens is 2. The van der Waals surface area contributed by atoms with E-state index in [2.05, 4.69) is 20.7 Å². The molecule has 5 N–H and O–H groups in total. The van der Waals surface area contributed by atoms with E-state index in [1.54, 1.807) is 0 Å². The van der Waals surface area contributed by atoms with Gasteiger partial charge in [-0.3, -0.25) is 15.5 Å². The standard InChI is InChI=1S/C9H16N6O3/c1-3-6(4-16)12-8-7(15(17)18)5(2)11-9(13-8)14-10/h6,16H,3-4,10H2,1-2H3,(H2,11,12,13,14). The van der Waals surface area contributed by atoms with Crippen molar-refractivity contribution in [2.45, 2.75) is 26.3 Å². The summed E-state index contributed by atoms with van der Waals surface area (Å²) >= 11 is 0. The van der Waals surface area contributed by atoms with E-state index < -0.39 is 4.92 Å². The molecule has 0 saturated heterocycles. The van der Waals surface area contributed by atoms with Crippen LogP contribution in [0.2, 0.25) is 0 Å². The van der Waals surface area contributed by atoms with E-state index in [1.807, 2.05) is 6.92 Å². The van der Waals surface area contributed by atoms with Gasteiger partial charge in [-0.2, -0.15) is 4.98 Å². The topological polar surface area (TPSA) is 139 Å². The summed E-state index contributed by atoms with van der Waals surface area (Å²) in [6.07, 6.45) is 0.599. The maximum absolute atomic E-state index is 11.0. The van der Waals surface area contributed by atoms with Crippen molar-refractivity contribution in [3.8, 4) is 0 Å². The first-order valence-electron chi connectivity index (χ1n) is 5.40. The Kier molecular flexibility index (Phi) is 4.75. The van der Waals surface area contributed by atoms with E-state index >= 15 is 0 Å². The van der Waals surface area contributed by atoms with E-state index in [0.29, 0.717) is 6.42 Å². The summed E-state index contributed by atoms with van der Waals surface area (Å²) in [5, 5.41) is 22.9. The SMILES string of the molecule is CCC(CO)Nc1nc(NN)nc(C)c1[N+](=O)[O-]. The van der Waals surface area contributed by atoms with Crippen LogP contribution in [0.3, 0.4) is 0 Å². The van der Waals surface area contributed by atoms with Crippen LogP contribution in [0.1, 0.15) is 19.0 Å². The number of hydrogen-bond acceptors (Lipinski definition) is 8. The van der Waals surface area contributed by atoms with Crippen LogP contribution in [0.15, 0.2) is 0 Å². The lowest BCUT2D eigenvalue weighted by atomic mass is 10.2. The molecule has 18 heavy (non-hydrogen) atoms. The second kappa shape index (κ2) is 6.07. The van der Waals surface area contributed by atoms with Crippen LogP contribution in [0.25, 0.3) is 0 Å². The van der Waals surface area contributed by atoms with Crippen LogP contribution >= 0.6 is 0 Å². The predicted octanol–water partition coefficient (Wildman–Crippen LogP) is 0.162. The van der Waals surface area contributed by atoms with Gasteiger partial charge in [0, 0.05) is 0 Å². The third-order valence-electron chi connectivity index (χ3n) is 2.42. The molecule has 0 aromatic carbocycles. The lowest BCUT2D eigenvalue weighted by molar-refractivity contribution is -0.385. The molecular weight excluding hydrogens is 240 g/mol. The molecule has 9 heteroatoms. The monoisotopic (exact) mass is 256 g/mol. The highest BCUT2D eigenvalue weighted by atomic mass is 16.6. The van der Waals surface area contributed by atoms with Crippen molar-refractivity contribution in [3.05, 3.63) is 15.8 Å². The zero-order valence-corrected chi connectivity index (χ0v) is 10.2. The number of rotatable bonds is 6. The third kappa shape index (κ3) is 3.02. The summed E-state index contributed by atoms with van der Waals surface area (Å²) < 4.78 is 0. The van der Waals surface area contributed by atoms with Crippen molar-refractivity contribution >= 4 is 17.5 Å². The van der Waals surface area contributed by atoms with Crippen LogP contribution in [0.4, 0.5) is 17.5 Å². The van der Waals surface area contributed by atoms with E-state index in [-0.39, 0.29) is 35.8 Å². The molecule has 1 rings (SSSR count). The number of nitrogens with one attached hydrogen (secondary N) is 2. The second-order valence-corrected chi connectivity index (χ2v) is 3.66. The normalized spacial score (nSPS) is 12.0. The largest absolute Gasteiger partial charge is 0.394 e. The average molecular weight is 256 g/mol. The highest BCUT2D eigenvalue weighted by Gasteiger charge is 2.23. The highest BCUT2D eigenvalue weighted by molar-refractivity contribution is 5.61. The van der Waals surface area contributed by atoms with Gasteiger partial charge in [0.05, 0.1) is 17.6 Å². The van der Waals surface area contributed by atoms with Crippen molar-refractivity contribution in [2.24, 2.45) is 5.84 Å². The van der Waals surface area contributed by atoms with E-state index in [1.165, 1.54) is 6.92 Å². The fraction of sp³-hybridized carbons (Fsp3) is 0.556. The maximum Gasteiger partial charge on any atom is 0.332 e. The highest BCUT2D eigenvalue weighted by Crippen LogP contribution is 2.27. The summed E-state index contributed by atoms with van der Waals surface area (Å²) in [6.45, 7) is 3.18. The first kappa shape index (κ1) is 14.1. The molecule has 0 aliphatic heterocycles. The lowest BCUT2D eigenvalue weighted by Gasteiger charge is -2.15. The van der Waals surface area contributed by atoms with Crippen LogP contribution in [-0.2, 0) is 0 Å². The van der Waals surface area contributed by atoms with Gasteiger partial charge in [-0.1, -0.05) is 6.92 Å². The number of hydrazine groups is 1. The molecule has 0 fully saturated rings. The number of aryl methyl sites for hydroxylation is 1. The fourth-order valence-corrected chi connectivity index (χ4v) is 1.42. The molecule has 100 valence electrons. The number of nitrogen functional groups attached to an aromatic ring is 1. The van der Waals surface area contributed by atoms with Crippen molar-refractivity contribution in [1.82, 2.24) is 9.97 Å². The van der Waals surface area contributed by atoms with Crippen LogP contribution in [0.5, 0.6) is 0 Å². The molecular formula is C9H16N6O3. The summed E-state index contributed by atoms with van der Waals surface area (Å²) in [6, 6.07) is -0.316. The minimum atomic E-state index is -0.567. The van der Waals surface area contributed by atoms with Crippen molar-refractivity contribution in [3.63, 3.8) is 0 Å². The number of anilines is 2. The van der Waals surface area contributed by atoms with Gasteiger partial charge >= 0.3 is 5.69 Å². The molecule has 0 radical (unpaired) electrons. The Morgan fingerprint density at radius 3 is 2.67 bits per heavy atom. The minimum absolute atomic E-state index is 0.0429. The maximum atomic E-state index is 11.0. The Labute approximate surface area is 104 Å². The molecule has 0 aliphatic rings. The van der Waals surface area contributed by atoms with Gasteiger partial charge in [-0.05, 0) is 13.3 Å². The van der Waals surface area contributed by atoms with E-state index in [4.69, 9.17) is 10.9 Å². The number of hydrogen-bond donors (Lipinski definition) is 4. The smallest absolute Gasteiger partial charge is 0.332 e. The van der Waals surface area contributed by atoms with Crippen molar-refractivity contribution < 1.29 is 10.0 Å². The van der Waals surface area contributed by atoms with Gasteiger partial charge in [0.25, 0.3) is 0 Å². The van der Waals surface area contributed by atoms with Gasteiger partial charge in [0.1, 0.15) is 5.69 Å². The molecule has 0 saturated carbocycles. The summed E-state index contributed by atoms with van der Waals surface area (Å²) in [5.41, 5.74) is 2.21.